The molecule has 1 aliphatic rings. The summed E-state index contributed by atoms with van der Waals surface area (Å²) in [5.74, 6) is 0.140. The minimum absolute atomic E-state index is 0.138. The Morgan fingerprint density at radius 3 is 2.89 bits per heavy atom. The number of aliphatic hydroxyl groups excluding tert-OH is 1. The smallest absolute Gasteiger partial charge is 0.124 e. The van der Waals surface area contributed by atoms with E-state index in [-0.39, 0.29) is 23.5 Å². The maximum absolute atomic E-state index is 13.5. The van der Waals surface area contributed by atoms with Crippen molar-refractivity contribution in [1.82, 2.24) is 4.90 Å². The van der Waals surface area contributed by atoms with Gasteiger partial charge in [0.2, 0.25) is 0 Å². The summed E-state index contributed by atoms with van der Waals surface area (Å²) in [6, 6.07) is 4.82. The number of rotatable bonds is 4. The van der Waals surface area contributed by atoms with E-state index in [1.165, 1.54) is 12.1 Å². The average Bonchev–Trinajstić information content (AvgIpc) is 2.69. The lowest BCUT2D eigenvalue weighted by Crippen LogP contribution is -2.34. The molecule has 0 aliphatic carbocycles. The molecule has 1 fully saturated rings. The molecule has 0 aromatic heterocycles. The Labute approximate surface area is 118 Å². The zero-order valence-electron chi connectivity index (χ0n) is 11.0. The van der Waals surface area contributed by atoms with Crippen molar-refractivity contribution in [3.05, 3.63) is 35.1 Å². The van der Waals surface area contributed by atoms with Crippen LogP contribution in [0.15, 0.2) is 18.2 Å². The van der Waals surface area contributed by atoms with Gasteiger partial charge in [-0.3, -0.25) is 4.90 Å². The number of nitrogens with two attached hydrogens (primary N) is 1. The second-order valence-electron chi connectivity index (χ2n) is 5.20. The molecule has 0 saturated carbocycles. The van der Waals surface area contributed by atoms with Gasteiger partial charge >= 0.3 is 0 Å². The maximum atomic E-state index is 13.5. The van der Waals surface area contributed by atoms with Crippen molar-refractivity contribution in [2.75, 3.05) is 13.2 Å². The minimum Gasteiger partial charge on any atom is -0.395 e. The average molecular weight is 282 g/mol. The van der Waals surface area contributed by atoms with Crippen LogP contribution < -0.4 is 5.73 Å². The second-order valence-corrected chi connectivity index (χ2v) is 5.64. The quantitative estimate of drug-likeness (QED) is 0.825. The van der Waals surface area contributed by atoms with Crippen molar-refractivity contribution in [2.45, 2.75) is 25.9 Å². The maximum Gasteiger partial charge on any atom is 0.124 e. The number of halogens is 1. The molecule has 3 N–H and O–H groups in total. The molecule has 0 spiro atoms. The normalized spacial score (nSPS) is 23.7. The molecular formula is C14H19FN2OS. The first-order valence-electron chi connectivity index (χ1n) is 6.45. The molecule has 5 heteroatoms. The summed E-state index contributed by atoms with van der Waals surface area (Å²) < 4.78 is 13.5. The van der Waals surface area contributed by atoms with E-state index in [1.807, 2.05) is 6.07 Å². The first-order valence-corrected chi connectivity index (χ1v) is 6.86. The fourth-order valence-corrected chi connectivity index (χ4v) is 2.82. The van der Waals surface area contributed by atoms with Crippen molar-refractivity contribution >= 4 is 17.2 Å². The molecule has 0 radical (unpaired) electrons. The van der Waals surface area contributed by atoms with Gasteiger partial charge in [0, 0.05) is 18.2 Å². The number of thiocarbonyl (C=S) groups is 1. The first-order chi connectivity index (χ1) is 9.01. The lowest BCUT2D eigenvalue weighted by molar-refractivity contribution is 0.134. The van der Waals surface area contributed by atoms with Crippen molar-refractivity contribution in [3.8, 4) is 0 Å². The van der Waals surface area contributed by atoms with Gasteiger partial charge in [0.1, 0.15) is 10.8 Å². The van der Waals surface area contributed by atoms with E-state index in [4.69, 9.17) is 18.0 Å². The zero-order chi connectivity index (χ0) is 14.0. The van der Waals surface area contributed by atoms with Crippen LogP contribution in [0, 0.1) is 11.7 Å². The van der Waals surface area contributed by atoms with Crippen LogP contribution >= 0.6 is 12.2 Å². The summed E-state index contributed by atoms with van der Waals surface area (Å²) >= 11 is 4.89. The number of hydrogen-bond donors (Lipinski definition) is 2. The molecule has 1 aliphatic heterocycles. The number of nitrogens with zero attached hydrogens (tertiary/aromatic N) is 1. The van der Waals surface area contributed by atoms with E-state index in [1.54, 1.807) is 0 Å². The van der Waals surface area contributed by atoms with Crippen LogP contribution in [0.5, 0.6) is 0 Å². The van der Waals surface area contributed by atoms with Crippen molar-refractivity contribution in [2.24, 2.45) is 11.7 Å². The predicted molar refractivity (Wildman–Crippen MR) is 77.4 cm³/mol. The molecule has 3 nitrogen and oxygen atoms in total. The summed E-state index contributed by atoms with van der Waals surface area (Å²) in [4.78, 5) is 2.39. The minimum atomic E-state index is -0.326. The van der Waals surface area contributed by atoms with Crippen molar-refractivity contribution in [3.63, 3.8) is 0 Å². The Hall–Kier alpha value is -1.04. The van der Waals surface area contributed by atoms with Crippen LogP contribution in [0.3, 0.4) is 0 Å². The summed E-state index contributed by atoms with van der Waals surface area (Å²) in [6.07, 6.45) is 1.06. The fourth-order valence-electron chi connectivity index (χ4n) is 2.70. The highest BCUT2D eigenvalue weighted by atomic mass is 32.1. The molecule has 104 valence electrons. The lowest BCUT2D eigenvalue weighted by Gasteiger charge is -2.25. The highest BCUT2D eigenvalue weighted by molar-refractivity contribution is 7.80. The molecular weight excluding hydrogens is 263 g/mol. The number of aliphatic hydroxyl groups is 1. The molecule has 0 amide bonds. The largest absolute Gasteiger partial charge is 0.395 e. The van der Waals surface area contributed by atoms with Gasteiger partial charge in [0.05, 0.1) is 6.61 Å². The van der Waals surface area contributed by atoms with Gasteiger partial charge in [-0.05, 0) is 42.6 Å². The van der Waals surface area contributed by atoms with E-state index in [9.17, 15) is 9.50 Å². The summed E-state index contributed by atoms with van der Waals surface area (Å²) in [5, 5.41) is 9.43. The monoisotopic (exact) mass is 282 g/mol. The Balaban J connectivity index is 2.17. The molecule has 1 heterocycles. The molecule has 1 aromatic rings. The summed E-state index contributed by atoms with van der Waals surface area (Å²) in [7, 11) is 0. The summed E-state index contributed by atoms with van der Waals surface area (Å²) in [6.45, 7) is 3.81. The zero-order valence-corrected chi connectivity index (χ0v) is 11.8. The number of likely N-dealkylation sites (tertiary alicyclic amines) is 1. The fraction of sp³-hybridized carbons (Fsp3) is 0.500. The SMILES string of the molecule is CC1CCN(Cc2cc(F)cc(C(N)=S)c2)C1CO. The van der Waals surface area contributed by atoms with Crippen molar-refractivity contribution in [1.29, 1.82) is 0 Å². The van der Waals surface area contributed by atoms with E-state index in [0.717, 1.165) is 18.5 Å². The molecule has 1 aromatic carbocycles. The van der Waals surface area contributed by atoms with Crippen LogP contribution in [-0.4, -0.2) is 34.2 Å². The standard InChI is InChI=1S/C14H19FN2OS/c1-9-2-3-17(13(9)8-18)7-10-4-11(14(16)19)6-12(15)5-10/h4-6,9,13,18H,2-3,7-8H2,1H3,(H2,16,19). The third-order valence-corrected chi connectivity index (χ3v) is 4.05. The van der Waals surface area contributed by atoms with Crippen molar-refractivity contribution < 1.29 is 9.50 Å². The molecule has 2 atom stereocenters. The topological polar surface area (TPSA) is 49.5 Å². The van der Waals surface area contributed by atoms with Crippen LogP contribution in [0.4, 0.5) is 4.39 Å². The van der Waals surface area contributed by atoms with Crippen LogP contribution in [0.2, 0.25) is 0 Å². The van der Waals surface area contributed by atoms with E-state index in [2.05, 4.69) is 11.8 Å². The van der Waals surface area contributed by atoms with E-state index >= 15 is 0 Å². The van der Waals surface area contributed by atoms with E-state index in [0.29, 0.717) is 18.0 Å². The van der Waals surface area contributed by atoms with Gasteiger partial charge in [-0.1, -0.05) is 19.1 Å². The third kappa shape index (κ3) is 3.29. The highest BCUT2D eigenvalue weighted by Gasteiger charge is 2.30. The van der Waals surface area contributed by atoms with Crippen LogP contribution in [-0.2, 0) is 6.54 Å². The Bertz CT molecular complexity index is 481. The van der Waals surface area contributed by atoms with Gasteiger partial charge < -0.3 is 10.8 Å². The van der Waals surface area contributed by atoms with Gasteiger partial charge in [-0.15, -0.1) is 0 Å². The summed E-state index contributed by atoms with van der Waals surface area (Å²) in [5.41, 5.74) is 6.94. The lowest BCUT2D eigenvalue weighted by atomic mass is 10.0. The third-order valence-electron chi connectivity index (χ3n) is 3.81. The van der Waals surface area contributed by atoms with Gasteiger partial charge in [-0.2, -0.15) is 0 Å². The molecule has 2 rings (SSSR count). The van der Waals surface area contributed by atoms with Crippen LogP contribution in [0.25, 0.3) is 0 Å². The number of hydrogen-bond acceptors (Lipinski definition) is 3. The Kier molecular flexibility index (Phi) is 4.50. The molecule has 0 bridgehead atoms. The van der Waals surface area contributed by atoms with Gasteiger partial charge in [-0.25, -0.2) is 4.39 Å². The molecule has 2 unspecified atom stereocenters. The highest BCUT2D eigenvalue weighted by Crippen LogP contribution is 2.25. The Morgan fingerprint density at radius 2 is 2.26 bits per heavy atom. The first kappa shape index (κ1) is 14.4. The van der Waals surface area contributed by atoms with Crippen LogP contribution in [0.1, 0.15) is 24.5 Å². The Morgan fingerprint density at radius 1 is 1.53 bits per heavy atom. The predicted octanol–water partition coefficient (Wildman–Crippen LogP) is 1.66. The number of benzene rings is 1. The van der Waals surface area contributed by atoms with Gasteiger partial charge in [0.25, 0.3) is 0 Å². The van der Waals surface area contributed by atoms with E-state index < -0.39 is 0 Å². The molecule has 1 saturated heterocycles. The molecule has 19 heavy (non-hydrogen) atoms. The second kappa shape index (κ2) is 5.94. The van der Waals surface area contributed by atoms with Gasteiger partial charge in [0.15, 0.2) is 0 Å².